The van der Waals surface area contributed by atoms with Crippen LogP contribution < -0.4 is 5.56 Å². The van der Waals surface area contributed by atoms with E-state index < -0.39 is 11.5 Å². The number of pyridine rings is 1. The first-order valence-corrected chi connectivity index (χ1v) is 4.72. The van der Waals surface area contributed by atoms with Crippen LogP contribution in [0.1, 0.15) is 28.3 Å². The zero-order valence-corrected chi connectivity index (χ0v) is 8.03. The van der Waals surface area contributed by atoms with Crippen LogP contribution in [0.15, 0.2) is 17.1 Å². The normalized spacial score (nSPS) is 20.4. The highest BCUT2D eigenvalue weighted by molar-refractivity contribution is 5.87. The van der Waals surface area contributed by atoms with Gasteiger partial charge in [0.1, 0.15) is 5.56 Å². The maximum Gasteiger partial charge on any atom is 0.341 e. The molecule has 0 aliphatic carbocycles. The van der Waals surface area contributed by atoms with Crippen molar-refractivity contribution >= 4 is 5.97 Å². The van der Waals surface area contributed by atoms with E-state index in [9.17, 15) is 9.59 Å². The van der Waals surface area contributed by atoms with Gasteiger partial charge in [-0.05, 0) is 18.1 Å². The van der Waals surface area contributed by atoms with Crippen LogP contribution in [0.2, 0.25) is 0 Å². The van der Waals surface area contributed by atoms with Crippen molar-refractivity contribution in [3.8, 4) is 0 Å². The minimum atomic E-state index is -1.20. The van der Waals surface area contributed by atoms with Gasteiger partial charge in [-0.3, -0.25) is 4.79 Å². The number of carboxylic acid groups (broad SMARTS) is 1. The van der Waals surface area contributed by atoms with Gasteiger partial charge in [0, 0.05) is 18.7 Å². The lowest BCUT2D eigenvalue weighted by atomic mass is 9.99. The molecule has 0 saturated carbocycles. The molecular formula is C10H11NO4. The summed E-state index contributed by atoms with van der Waals surface area (Å²) in [5, 5.41) is 8.78. The molecule has 1 unspecified atom stereocenters. The smallest absolute Gasteiger partial charge is 0.341 e. The fourth-order valence-electron chi connectivity index (χ4n) is 1.69. The summed E-state index contributed by atoms with van der Waals surface area (Å²) in [7, 11) is 0. The second-order valence-corrected chi connectivity index (χ2v) is 3.54. The number of carboxylic acids is 1. The number of ether oxygens (including phenoxy) is 1. The van der Waals surface area contributed by atoms with Crippen LogP contribution in [0.25, 0.3) is 0 Å². The zero-order valence-electron chi connectivity index (χ0n) is 8.03. The van der Waals surface area contributed by atoms with E-state index in [2.05, 4.69) is 4.98 Å². The van der Waals surface area contributed by atoms with Gasteiger partial charge in [-0.1, -0.05) is 0 Å². The number of aromatic carboxylic acids is 1. The van der Waals surface area contributed by atoms with E-state index in [0.29, 0.717) is 13.2 Å². The second-order valence-electron chi connectivity index (χ2n) is 3.54. The zero-order chi connectivity index (χ0) is 10.8. The summed E-state index contributed by atoms with van der Waals surface area (Å²) in [6.07, 6.45) is 2.43. The third kappa shape index (κ3) is 1.92. The van der Waals surface area contributed by atoms with Gasteiger partial charge < -0.3 is 14.8 Å². The van der Waals surface area contributed by atoms with Gasteiger partial charge in [-0.25, -0.2) is 4.79 Å². The standard InChI is InChI=1S/C10H11NO4/c12-9-8(10(13)14)3-7(4-11-9)6-1-2-15-5-6/h3-4,6H,1-2,5H2,(H,11,12)(H,13,14). The lowest BCUT2D eigenvalue weighted by Crippen LogP contribution is -2.18. The molecule has 15 heavy (non-hydrogen) atoms. The maximum atomic E-state index is 11.2. The van der Waals surface area contributed by atoms with E-state index >= 15 is 0 Å². The number of nitrogens with one attached hydrogen (secondary N) is 1. The molecule has 80 valence electrons. The third-order valence-electron chi connectivity index (χ3n) is 2.56. The summed E-state index contributed by atoms with van der Waals surface area (Å²) < 4.78 is 5.20. The molecule has 1 atom stereocenters. The van der Waals surface area contributed by atoms with E-state index in [4.69, 9.17) is 9.84 Å². The van der Waals surface area contributed by atoms with Crippen LogP contribution in [0.5, 0.6) is 0 Å². The molecule has 1 fully saturated rings. The number of aromatic amines is 1. The third-order valence-corrected chi connectivity index (χ3v) is 2.56. The van der Waals surface area contributed by atoms with Crippen LogP contribution in [0.4, 0.5) is 0 Å². The van der Waals surface area contributed by atoms with Crippen LogP contribution in [-0.4, -0.2) is 29.3 Å². The molecule has 0 aromatic carbocycles. The highest BCUT2D eigenvalue weighted by atomic mass is 16.5. The average Bonchev–Trinajstić information content (AvgIpc) is 2.71. The molecule has 1 aromatic rings. The molecule has 2 heterocycles. The lowest BCUT2D eigenvalue weighted by Gasteiger charge is -2.07. The van der Waals surface area contributed by atoms with Crippen molar-refractivity contribution < 1.29 is 14.6 Å². The van der Waals surface area contributed by atoms with E-state index in [1.54, 1.807) is 6.20 Å². The molecule has 1 saturated heterocycles. The van der Waals surface area contributed by atoms with Crippen LogP contribution in [0, 0.1) is 0 Å². The maximum absolute atomic E-state index is 11.2. The van der Waals surface area contributed by atoms with Crippen molar-refractivity contribution in [2.75, 3.05) is 13.2 Å². The summed E-state index contributed by atoms with van der Waals surface area (Å²) in [4.78, 5) is 24.3. The second kappa shape index (κ2) is 3.86. The van der Waals surface area contributed by atoms with Crippen molar-refractivity contribution in [1.29, 1.82) is 0 Å². The number of H-pyrrole nitrogens is 1. The predicted molar refractivity (Wildman–Crippen MR) is 52.2 cm³/mol. The fourth-order valence-corrected chi connectivity index (χ4v) is 1.69. The Morgan fingerprint density at radius 3 is 3.00 bits per heavy atom. The Balaban J connectivity index is 2.37. The number of hydrogen-bond donors (Lipinski definition) is 2. The number of aromatic nitrogens is 1. The molecular weight excluding hydrogens is 198 g/mol. The van der Waals surface area contributed by atoms with E-state index in [1.165, 1.54) is 6.07 Å². The molecule has 5 nitrogen and oxygen atoms in total. The first-order valence-electron chi connectivity index (χ1n) is 4.72. The molecule has 5 heteroatoms. The quantitative estimate of drug-likeness (QED) is 0.746. The highest BCUT2D eigenvalue weighted by Gasteiger charge is 2.20. The Morgan fingerprint density at radius 2 is 2.40 bits per heavy atom. The Kier molecular flexibility index (Phi) is 2.55. The predicted octanol–water partition coefficient (Wildman–Crippen LogP) is 0.577. The van der Waals surface area contributed by atoms with Gasteiger partial charge in [0.25, 0.3) is 5.56 Å². The lowest BCUT2D eigenvalue weighted by molar-refractivity contribution is 0.0694. The van der Waals surface area contributed by atoms with Gasteiger partial charge in [0.05, 0.1) is 6.61 Å². The molecule has 0 spiro atoms. The van der Waals surface area contributed by atoms with Gasteiger partial charge in [-0.15, -0.1) is 0 Å². The molecule has 0 amide bonds. The topological polar surface area (TPSA) is 79.4 Å². The Morgan fingerprint density at radius 1 is 1.60 bits per heavy atom. The first kappa shape index (κ1) is 9.92. The van der Waals surface area contributed by atoms with Gasteiger partial charge in [0.2, 0.25) is 0 Å². The van der Waals surface area contributed by atoms with Crippen molar-refractivity contribution in [2.45, 2.75) is 12.3 Å². The van der Waals surface area contributed by atoms with Crippen LogP contribution in [-0.2, 0) is 4.74 Å². The Labute approximate surface area is 85.7 Å². The van der Waals surface area contributed by atoms with Crippen LogP contribution in [0.3, 0.4) is 0 Å². The minimum Gasteiger partial charge on any atom is -0.477 e. The van der Waals surface area contributed by atoms with Crippen molar-refractivity contribution in [2.24, 2.45) is 0 Å². The molecule has 2 N–H and O–H groups in total. The molecule has 1 aromatic heterocycles. The van der Waals surface area contributed by atoms with Crippen molar-refractivity contribution in [3.05, 3.63) is 33.7 Å². The monoisotopic (exact) mass is 209 g/mol. The summed E-state index contributed by atoms with van der Waals surface area (Å²) in [6.45, 7) is 1.28. The molecule has 1 aliphatic rings. The average molecular weight is 209 g/mol. The minimum absolute atomic E-state index is 0.194. The van der Waals surface area contributed by atoms with E-state index in [-0.39, 0.29) is 11.5 Å². The van der Waals surface area contributed by atoms with Gasteiger partial charge in [0.15, 0.2) is 0 Å². The summed E-state index contributed by atoms with van der Waals surface area (Å²) in [6, 6.07) is 1.43. The number of carbonyl (C=O) groups is 1. The van der Waals surface area contributed by atoms with Crippen LogP contribution >= 0.6 is 0 Å². The number of rotatable bonds is 2. The molecule has 2 rings (SSSR count). The van der Waals surface area contributed by atoms with E-state index in [1.807, 2.05) is 0 Å². The van der Waals surface area contributed by atoms with Crippen molar-refractivity contribution in [1.82, 2.24) is 4.98 Å². The Bertz CT molecular complexity index is 431. The van der Waals surface area contributed by atoms with E-state index in [0.717, 1.165) is 12.0 Å². The highest BCUT2D eigenvalue weighted by Crippen LogP contribution is 2.24. The molecule has 0 radical (unpaired) electrons. The summed E-state index contributed by atoms with van der Waals surface area (Å²) in [5.74, 6) is -1.00. The largest absolute Gasteiger partial charge is 0.477 e. The Hall–Kier alpha value is -1.62. The first-order chi connectivity index (χ1) is 7.18. The van der Waals surface area contributed by atoms with Gasteiger partial charge in [-0.2, -0.15) is 0 Å². The number of hydrogen-bond acceptors (Lipinski definition) is 3. The van der Waals surface area contributed by atoms with Crippen molar-refractivity contribution in [3.63, 3.8) is 0 Å². The molecule has 0 bridgehead atoms. The summed E-state index contributed by atoms with van der Waals surface area (Å²) >= 11 is 0. The SMILES string of the molecule is O=C(O)c1cc(C2CCOC2)c[nH]c1=O. The molecule has 1 aliphatic heterocycles. The fraction of sp³-hybridized carbons (Fsp3) is 0.400. The van der Waals surface area contributed by atoms with Gasteiger partial charge >= 0.3 is 5.97 Å². The summed E-state index contributed by atoms with van der Waals surface area (Å²) in [5.41, 5.74) is 0.0501.